The third-order valence-electron chi connectivity index (χ3n) is 4.41. The van der Waals surface area contributed by atoms with Crippen LogP contribution in [0.15, 0.2) is 0 Å². The van der Waals surface area contributed by atoms with Gasteiger partial charge in [-0.2, -0.15) is 5.26 Å². The van der Waals surface area contributed by atoms with Crippen molar-refractivity contribution in [3.63, 3.8) is 0 Å². The lowest BCUT2D eigenvalue weighted by molar-refractivity contribution is 0.126. The summed E-state index contributed by atoms with van der Waals surface area (Å²) in [6, 6.07) is 2.28. The maximum atomic E-state index is 9.47. The summed E-state index contributed by atoms with van der Waals surface area (Å²) in [5.74, 6) is 0. The fourth-order valence-electron chi connectivity index (χ4n) is 2.87. The third kappa shape index (κ3) is 2.56. The Morgan fingerprint density at radius 1 is 1.06 bits per heavy atom. The summed E-state index contributed by atoms with van der Waals surface area (Å²) >= 11 is 0. The van der Waals surface area contributed by atoms with Crippen LogP contribution in [0.3, 0.4) is 0 Å². The molecule has 0 aliphatic heterocycles. The molecule has 0 unspecified atom stereocenters. The van der Waals surface area contributed by atoms with E-state index in [1.165, 1.54) is 25.7 Å². The van der Waals surface area contributed by atoms with E-state index in [2.05, 4.69) is 11.4 Å². The van der Waals surface area contributed by atoms with Crippen molar-refractivity contribution in [2.24, 2.45) is 10.8 Å². The van der Waals surface area contributed by atoms with Crippen molar-refractivity contribution < 1.29 is 5.11 Å². The number of hydrogen-bond donors (Lipinski definition) is 2. The molecule has 0 saturated heterocycles. The minimum Gasteiger partial charge on any atom is -0.396 e. The Morgan fingerprint density at radius 3 is 2.19 bits per heavy atom. The van der Waals surface area contributed by atoms with E-state index in [-0.39, 0.29) is 10.8 Å². The molecule has 2 aliphatic carbocycles. The molecule has 0 radical (unpaired) electrons. The molecule has 16 heavy (non-hydrogen) atoms. The van der Waals surface area contributed by atoms with Gasteiger partial charge in [0.05, 0.1) is 6.07 Å². The fourth-order valence-corrected chi connectivity index (χ4v) is 2.87. The van der Waals surface area contributed by atoms with Crippen LogP contribution in [-0.2, 0) is 0 Å². The molecule has 2 N–H and O–H groups in total. The van der Waals surface area contributed by atoms with E-state index < -0.39 is 0 Å². The van der Waals surface area contributed by atoms with E-state index in [0.717, 1.165) is 25.9 Å². The van der Waals surface area contributed by atoms with Gasteiger partial charge in [-0.15, -0.1) is 0 Å². The molecule has 0 bridgehead atoms. The summed E-state index contributed by atoms with van der Waals surface area (Å²) in [5.41, 5.74) is 0.423. The highest BCUT2D eigenvalue weighted by atomic mass is 16.3. The van der Waals surface area contributed by atoms with Gasteiger partial charge < -0.3 is 10.4 Å². The zero-order valence-electron chi connectivity index (χ0n) is 9.97. The van der Waals surface area contributed by atoms with Crippen LogP contribution in [0.4, 0.5) is 0 Å². The lowest BCUT2D eigenvalue weighted by Gasteiger charge is -2.27. The average Bonchev–Trinajstić information content (AvgIpc) is 2.89. The van der Waals surface area contributed by atoms with Crippen molar-refractivity contribution in [1.29, 1.82) is 5.26 Å². The number of rotatable bonds is 6. The van der Waals surface area contributed by atoms with Crippen molar-refractivity contribution in [2.45, 2.75) is 44.9 Å². The van der Waals surface area contributed by atoms with Crippen molar-refractivity contribution >= 4 is 0 Å². The van der Waals surface area contributed by atoms with Crippen molar-refractivity contribution in [1.82, 2.24) is 5.32 Å². The number of aliphatic hydroxyl groups excluding tert-OH is 1. The molecule has 90 valence electrons. The fraction of sp³-hybridized carbons (Fsp3) is 0.923. The SMILES string of the molecule is N#CCC1(CNCC2(CO)CCCC2)CC1. The smallest absolute Gasteiger partial charge is 0.0628 e. The molecule has 0 aromatic carbocycles. The van der Waals surface area contributed by atoms with E-state index >= 15 is 0 Å². The van der Waals surface area contributed by atoms with Gasteiger partial charge in [-0.05, 0) is 31.1 Å². The van der Waals surface area contributed by atoms with Gasteiger partial charge >= 0.3 is 0 Å². The van der Waals surface area contributed by atoms with Crippen LogP contribution in [0.25, 0.3) is 0 Å². The monoisotopic (exact) mass is 222 g/mol. The van der Waals surface area contributed by atoms with Gasteiger partial charge in [0.1, 0.15) is 0 Å². The summed E-state index contributed by atoms with van der Waals surface area (Å²) in [5, 5.41) is 21.7. The molecule has 0 spiro atoms. The number of nitrogens with one attached hydrogen (secondary N) is 1. The number of aliphatic hydroxyl groups is 1. The standard InChI is InChI=1S/C13H22N2O/c14-8-7-12(5-6-12)9-15-10-13(11-16)3-1-2-4-13/h15-16H,1-7,9-11H2. The predicted octanol–water partition coefficient (Wildman–Crippen LogP) is 1.82. The first-order valence-electron chi connectivity index (χ1n) is 6.43. The van der Waals surface area contributed by atoms with E-state index in [0.29, 0.717) is 13.0 Å². The molecule has 0 atom stereocenters. The highest BCUT2D eigenvalue weighted by molar-refractivity contribution is 5.01. The Morgan fingerprint density at radius 2 is 1.69 bits per heavy atom. The molecule has 0 aromatic heterocycles. The van der Waals surface area contributed by atoms with E-state index in [1.54, 1.807) is 0 Å². The van der Waals surface area contributed by atoms with Crippen molar-refractivity contribution in [2.75, 3.05) is 19.7 Å². The highest BCUT2D eigenvalue weighted by Crippen LogP contribution is 2.48. The second kappa shape index (κ2) is 4.73. The van der Waals surface area contributed by atoms with Crippen LogP contribution in [0.2, 0.25) is 0 Å². The first-order valence-corrected chi connectivity index (χ1v) is 6.43. The molecule has 3 heteroatoms. The normalized spacial score (nSPS) is 25.2. The van der Waals surface area contributed by atoms with Gasteiger partial charge in [0.2, 0.25) is 0 Å². The maximum absolute atomic E-state index is 9.47. The van der Waals surface area contributed by atoms with Crippen LogP contribution < -0.4 is 5.32 Å². The third-order valence-corrected chi connectivity index (χ3v) is 4.41. The minimum absolute atomic E-state index is 0.142. The summed E-state index contributed by atoms with van der Waals surface area (Å²) in [6.45, 7) is 2.20. The summed E-state index contributed by atoms with van der Waals surface area (Å²) in [7, 11) is 0. The molecule has 2 saturated carbocycles. The Labute approximate surface area is 97.8 Å². The number of nitrogens with zero attached hydrogens (tertiary/aromatic N) is 1. The maximum Gasteiger partial charge on any atom is 0.0628 e. The van der Waals surface area contributed by atoms with E-state index in [4.69, 9.17) is 5.26 Å². The number of nitriles is 1. The average molecular weight is 222 g/mol. The molecule has 2 rings (SSSR count). The summed E-state index contributed by atoms with van der Waals surface area (Å²) in [6.07, 6.45) is 7.89. The first kappa shape index (κ1) is 11.9. The Bertz CT molecular complexity index is 272. The molecule has 3 nitrogen and oxygen atoms in total. The minimum atomic E-state index is 0.142. The first-order chi connectivity index (χ1) is 7.74. The van der Waals surface area contributed by atoms with Crippen LogP contribution >= 0.6 is 0 Å². The van der Waals surface area contributed by atoms with E-state index in [1.807, 2.05) is 0 Å². The molecule has 2 aliphatic rings. The summed E-state index contributed by atoms with van der Waals surface area (Å²) in [4.78, 5) is 0. The quantitative estimate of drug-likeness (QED) is 0.721. The topological polar surface area (TPSA) is 56.0 Å². The second-order valence-electron chi connectivity index (χ2n) is 5.80. The van der Waals surface area contributed by atoms with Crippen molar-refractivity contribution in [3.8, 4) is 6.07 Å². The molecule has 0 amide bonds. The largest absolute Gasteiger partial charge is 0.396 e. The highest BCUT2D eigenvalue weighted by Gasteiger charge is 2.42. The van der Waals surface area contributed by atoms with Crippen LogP contribution in [0.5, 0.6) is 0 Å². The van der Waals surface area contributed by atoms with Gasteiger partial charge in [0, 0.05) is 31.5 Å². The zero-order valence-corrected chi connectivity index (χ0v) is 9.97. The molecule has 0 heterocycles. The van der Waals surface area contributed by atoms with Gasteiger partial charge in [0.15, 0.2) is 0 Å². The molecule has 0 aromatic rings. The second-order valence-corrected chi connectivity index (χ2v) is 5.80. The number of hydrogen-bond acceptors (Lipinski definition) is 3. The molecular weight excluding hydrogens is 200 g/mol. The summed E-state index contributed by atoms with van der Waals surface area (Å²) < 4.78 is 0. The Hall–Kier alpha value is -0.590. The van der Waals surface area contributed by atoms with Crippen molar-refractivity contribution in [3.05, 3.63) is 0 Å². The Balaban J connectivity index is 1.73. The van der Waals surface area contributed by atoms with E-state index in [9.17, 15) is 5.11 Å². The van der Waals surface area contributed by atoms with Crippen LogP contribution in [-0.4, -0.2) is 24.8 Å². The lowest BCUT2D eigenvalue weighted by atomic mass is 9.87. The molecule has 2 fully saturated rings. The van der Waals surface area contributed by atoms with Crippen LogP contribution in [0, 0.1) is 22.2 Å². The van der Waals surface area contributed by atoms with Gasteiger partial charge in [0.25, 0.3) is 0 Å². The van der Waals surface area contributed by atoms with Crippen LogP contribution in [0.1, 0.15) is 44.9 Å². The van der Waals surface area contributed by atoms with Gasteiger partial charge in [-0.25, -0.2) is 0 Å². The van der Waals surface area contributed by atoms with Gasteiger partial charge in [-0.1, -0.05) is 12.8 Å². The van der Waals surface area contributed by atoms with Gasteiger partial charge in [-0.3, -0.25) is 0 Å². The Kier molecular flexibility index (Phi) is 3.51. The predicted molar refractivity (Wildman–Crippen MR) is 62.8 cm³/mol. The zero-order chi connectivity index (χ0) is 11.5. The molecular formula is C13H22N2O. The lowest BCUT2D eigenvalue weighted by Crippen LogP contribution is -2.37.